The molecule has 1 aliphatic carbocycles. The lowest BCUT2D eigenvalue weighted by Gasteiger charge is -2.35. The minimum Gasteiger partial charge on any atom is -0.467 e. The van der Waals surface area contributed by atoms with Crippen molar-refractivity contribution in [2.45, 2.75) is 38.2 Å². The van der Waals surface area contributed by atoms with Gasteiger partial charge in [0.25, 0.3) is 0 Å². The van der Waals surface area contributed by atoms with Crippen LogP contribution < -0.4 is 0 Å². The fraction of sp³-hybridized carbons (Fsp3) is 0.533. The van der Waals surface area contributed by atoms with Gasteiger partial charge in [-0.25, -0.2) is 4.79 Å². The van der Waals surface area contributed by atoms with E-state index < -0.39 is 11.6 Å². The maximum atomic E-state index is 12.0. The first kappa shape index (κ1) is 13.1. The summed E-state index contributed by atoms with van der Waals surface area (Å²) in [5.74, 6) is -0.874. The van der Waals surface area contributed by atoms with E-state index in [1.54, 1.807) is 0 Å². The molecule has 1 aliphatic rings. The van der Waals surface area contributed by atoms with Gasteiger partial charge in [-0.1, -0.05) is 38.1 Å². The monoisotopic (exact) mass is 248 g/mol. The Bertz CT molecular complexity index is 453. The number of carbonyl (C=O) groups is 1. The normalized spacial score (nSPS) is 21.5. The molecule has 0 heterocycles. The van der Waals surface area contributed by atoms with Crippen molar-refractivity contribution in [2.24, 2.45) is 5.92 Å². The van der Waals surface area contributed by atoms with Crippen LogP contribution in [-0.2, 0) is 16.0 Å². The molecular formula is C15H20O3. The van der Waals surface area contributed by atoms with Gasteiger partial charge in [0, 0.05) is 5.92 Å². The first-order chi connectivity index (χ1) is 8.51. The molecular weight excluding hydrogens is 228 g/mol. The molecule has 98 valence electrons. The van der Waals surface area contributed by atoms with Crippen LogP contribution in [0.1, 0.15) is 37.3 Å². The van der Waals surface area contributed by atoms with Crippen LogP contribution in [0.5, 0.6) is 0 Å². The molecule has 1 N–H and O–H groups in total. The fourth-order valence-electron chi connectivity index (χ4n) is 2.96. The molecule has 1 aromatic carbocycles. The van der Waals surface area contributed by atoms with Crippen LogP contribution in [0.15, 0.2) is 24.3 Å². The number of fused-ring (bicyclic) bond motifs is 1. The second-order valence-electron chi connectivity index (χ2n) is 5.26. The zero-order valence-electron chi connectivity index (χ0n) is 11.1. The Morgan fingerprint density at radius 3 is 2.72 bits per heavy atom. The maximum absolute atomic E-state index is 12.0. The van der Waals surface area contributed by atoms with E-state index in [1.807, 2.05) is 32.0 Å². The summed E-state index contributed by atoms with van der Waals surface area (Å²) in [6.45, 7) is 3.72. The highest BCUT2D eigenvalue weighted by molar-refractivity contribution is 5.81. The Kier molecular flexibility index (Phi) is 3.44. The lowest BCUT2D eigenvalue weighted by Crippen LogP contribution is -2.49. The average molecular weight is 248 g/mol. The van der Waals surface area contributed by atoms with Gasteiger partial charge in [-0.3, -0.25) is 0 Å². The van der Waals surface area contributed by atoms with Crippen molar-refractivity contribution in [3.05, 3.63) is 35.4 Å². The third kappa shape index (κ3) is 1.83. The van der Waals surface area contributed by atoms with E-state index in [2.05, 4.69) is 6.07 Å². The van der Waals surface area contributed by atoms with Crippen LogP contribution in [0.2, 0.25) is 0 Å². The Hall–Kier alpha value is -1.35. The zero-order valence-corrected chi connectivity index (χ0v) is 11.1. The predicted molar refractivity (Wildman–Crippen MR) is 69.3 cm³/mol. The highest BCUT2D eigenvalue weighted by Crippen LogP contribution is 2.44. The molecule has 2 atom stereocenters. The maximum Gasteiger partial charge on any atom is 0.338 e. The predicted octanol–water partition coefficient (Wildman–Crippen LogP) is 2.28. The zero-order chi connectivity index (χ0) is 13.3. The summed E-state index contributed by atoms with van der Waals surface area (Å²) in [4.78, 5) is 12.0. The van der Waals surface area contributed by atoms with Gasteiger partial charge in [-0.05, 0) is 29.9 Å². The van der Waals surface area contributed by atoms with Gasteiger partial charge in [0.2, 0.25) is 0 Å². The van der Waals surface area contributed by atoms with E-state index in [-0.39, 0.29) is 11.8 Å². The summed E-state index contributed by atoms with van der Waals surface area (Å²) in [5.41, 5.74) is 0.881. The molecule has 0 saturated heterocycles. The van der Waals surface area contributed by atoms with E-state index >= 15 is 0 Å². The van der Waals surface area contributed by atoms with E-state index in [9.17, 15) is 9.90 Å². The van der Waals surface area contributed by atoms with Gasteiger partial charge in [0.15, 0.2) is 5.60 Å². The number of aliphatic hydroxyl groups is 1. The number of hydrogen-bond acceptors (Lipinski definition) is 3. The number of rotatable bonds is 3. The number of esters is 1. The first-order valence-electron chi connectivity index (χ1n) is 6.40. The molecule has 3 heteroatoms. The van der Waals surface area contributed by atoms with Crippen molar-refractivity contribution in [1.29, 1.82) is 0 Å². The SMILES string of the molecule is COC(=O)C(O)(C(C)C)C1CCc2ccccc21. The molecule has 2 unspecified atom stereocenters. The summed E-state index contributed by atoms with van der Waals surface area (Å²) in [6, 6.07) is 8.01. The molecule has 0 bridgehead atoms. The Balaban J connectivity index is 2.44. The lowest BCUT2D eigenvalue weighted by atomic mass is 9.75. The third-order valence-electron chi connectivity index (χ3n) is 4.06. The fourth-order valence-corrected chi connectivity index (χ4v) is 2.96. The smallest absolute Gasteiger partial charge is 0.338 e. The second kappa shape index (κ2) is 4.73. The highest BCUT2D eigenvalue weighted by atomic mass is 16.5. The number of ether oxygens (including phenoxy) is 1. The van der Waals surface area contributed by atoms with Gasteiger partial charge in [-0.15, -0.1) is 0 Å². The third-order valence-corrected chi connectivity index (χ3v) is 4.06. The van der Waals surface area contributed by atoms with Gasteiger partial charge in [-0.2, -0.15) is 0 Å². The molecule has 0 saturated carbocycles. The standard InChI is InChI=1S/C15H20O3/c1-10(2)15(17,14(16)18-3)13-9-8-11-6-4-5-7-12(11)13/h4-7,10,13,17H,8-9H2,1-3H3. The second-order valence-corrected chi connectivity index (χ2v) is 5.26. The summed E-state index contributed by atoms with van der Waals surface area (Å²) in [7, 11) is 1.33. The number of carbonyl (C=O) groups excluding carboxylic acids is 1. The summed E-state index contributed by atoms with van der Waals surface area (Å²) < 4.78 is 4.82. The van der Waals surface area contributed by atoms with E-state index in [0.29, 0.717) is 0 Å². The minimum atomic E-state index is -1.43. The van der Waals surface area contributed by atoms with Gasteiger partial charge in [0.05, 0.1) is 7.11 Å². The van der Waals surface area contributed by atoms with E-state index in [4.69, 9.17) is 4.74 Å². The number of methoxy groups -OCH3 is 1. The largest absolute Gasteiger partial charge is 0.467 e. The van der Waals surface area contributed by atoms with Crippen LogP contribution in [0.4, 0.5) is 0 Å². The van der Waals surface area contributed by atoms with Crippen molar-refractivity contribution < 1.29 is 14.6 Å². The van der Waals surface area contributed by atoms with E-state index in [1.165, 1.54) is 12.7 Å². The van der Waals surface area contributed by atoms with Crippen molar-refractivity contribution >= 4 is 5.97 Å². The Morgan fingerprint density at radius 2 is 2.11 bits per heavy atom. The van der Waals surface area contributed by atoms with E-state index in [0.717, 1.165) is 18.4 Å². The molecule has 0 aliphatic heterocycles. The topological polar surface area (TPSA) is 46.5 Å². The van der Waals surface area contributed by atoms with Crippen molar-refractivity contribution in [3.63, 3.8) is 0 Å². The van der Waals surface area contributed by atoms with Gasteiger partial charge < -0.3 is 9.84 Å². The molecule has 1 aromatic rings. The van der Waals surface area contributed by atoms with Crippen molar-refractivity contribution in [3.8, 4) is 0 Å². The van der Waals surface area contributed by atoms with Crippen LogP contribution in [0.25, 0.3) is 0 Å². The molecule has 0 fully saturated rings. The summed E-state index contributed by atoms with van der Waals surface area (Å²) in [6.07, 6.45) is 1.70. The molecule has 0 amide bonds. The van der Waals surface area contributed by atoms with Crippen LogP contribution in [-0.4, -0.2) is 23.8 Å². The lowest BCUT2D eigenvalue weighted by molar-refractivity contribution is -0.170. The number of aryl methyl sites for hydroxylation is 1. The Labute approximate surface area is 108 Å². The molecule has 0 aromatic heterocycles. The van der Waals surface area contributed by atoms with Crippen molar-refractivity contribution in [1.82, 2.24) is 0 Å². The molecule has 2 rings (SSSR count). The van der Waals surface area contributed by atoms with Crippen LogP contribution in [0.3, 0.4) is 0 Å². The average Bonchev–Trinajstić information content (AvgIpc) is 2.80. The first-order valence-corrected chi connectivity index (χ1v) is 6.40. The minimum absolute atomic E-state index is 0.166. The summed E-state index contributed by atoms with van der Waals surface area (Å²) in [5, 5.41) is 10.8. The molecule has 18 heavy (non-hydrogen) atoms. The van der Waals surface area contributed by atoms with Crippen LogP contribution >= 0.6 is 0 Å². The molecule has 0 radical (unpaired) electrons. The molecule has 0 spiro atoms. The summed E-state index contributed by atoms with van der Waals surface area (Å²) >= 11 is 0. The highest BCUT2D eigenvalue weighted by Gasteiger charge is 2.50. The van der Waals surface area contributed by atoms with Gasteiger partial charge >= 0.3 is 5.97 Å². The van der Waals surface area contributed by atoms with Crippen LogP contribution in [0, 0.1) is 5.92 Å². The quantitative estimate of drug-likeness (QED) is 0.835. The van der Waals surface area contributed by atoms with Gasteiger partial charge in [0.1, 0.15) is 0 Å². The number of hydrogen-bond donors (Lipinski definition) is 1. The Morgan fingerprint density at radius 1 is 1.44 bits per heavy atom. The number of benzene rings is 1. The molecule has 3 nitrogen and oxygen atoms in total. The van der Waals surface area contributed by atoms with Crippen molar-refractivity contribution in [2.75, 3.05) is 7.11 Å².